The van der Waals surface area contributed by atoms with Crippen LogP contribution in [0.25, 0.3) is 10.2 Å². The highest BCUT2D eigenvalue weighted by molar-refractivity contribution is 8.00. The van der Waals surface area contributed by atoms with E-state index in [0.29, 0.717) is 13.0 Å². The topological polar surface area (TPSA) is 80.2 Å². The minimum absolute atomic E-state index is 0.0199. The van der Waals surface area contributed by atoms with E-state index in [1.165, 1.54) is 16.6 Å². The Hall–Kier alpha value is -1.19. The second-order valence-electron chi connectivity index (χ2n) is 7.25. The average molecular weight is 428 g/mol. The van der Waals surface area contributed by atoms with Crippen molar-refractivity contribution in [1.29, 1.82) is 0 Å². The molecule has 0 aliphatic carbocycles. The molecule has 148 valence electrons. The highest BCUT2D eigenvalue weighted by Crippen LogP contribution is 2.31. The summed E-state index contributed by atoms with van der Waals surface area (Å²) < 4.78 is 23.7. The van der Waals surface area contributed by atoms with Gasteiger partial charge in [0.25, 0.3) is 0 Å². The summed E-state index contributed by atoms with van der Waals surface area (Å²) in [4.78, 5) is 25.6. The third-order valence-corrected chi connectivity index (χ3v) is 8.48. The normalized spacial score (nSPS) is 19.0. The Bertz CT molecular complexity index is 924. The summed E-state index contributed by atoms with van der Waals surface area (Å²) in [6.45, 7) is 6.77. The van der Waals surface area contributed by atoms with Gasteiger partial charge in [-0.05, 0) is 24.8 Å². The van der Waals surface area contributed by atoms with Crippen molar-refractivity contribution in [2.24, 2.45) is 5.92 Å². The van der Waals surface area contributed by atoms with Crippen LogP contribution in [0.3, 0.4) is 0 Å². The minimum Gasteiger partial charge on any atom is -0.338 e. The number of hydrogen-bond donors (Lipinski definition) is 0. The summed E-state index contributed by atoms with van der Waals surface area (Å²) in [5.74, 6) is 0.782. The zero-order chi connectivity index (χ0) is 19.6. The molecule has 0 radical (unpaired) electrons. The van der Waals surface area contributed by atoms with Crippen LogP contribution in [0, 0.1) is 5.92 Å². The molecule has 1 fully saturated rings. The number of sulfone groups is 1. The first kappa shape index (κ1) is 20.5. The molecule has 0 aromatic carbocycles. The SMILES string of the molecule is CCc1cc2c(SCC(=O)N(CC(C)C)C3CCS(=O)(=O)C3)ncnc2s1. The number of amides is 1. The Labute approximate surface area is 168 Å². The molecular formula is C18H25N3O3S3. The first-order chi connectivity index (χ1) is 12.8. The molecule has 1 saturated heterocycles. The van der Waals surface area contributed by atoms with Gasteiger partial charge in [-0.25, -0.2) is 18.4 Å². The van der Waals surface area contributed by atoms with Crippen molar-refractivity contribution in [1.82, 2.24) is 14.9 Å². The summed E-state index contributed by atoms with van der Waals surface area (Å²) in [5.41, 5.74) is 0. The van der Waals surface area contributed by atoms with Gasteiger partial charge in [0.05, 0.1) is 17.3 Å². The molecule has 0 bridgehead atoms. The van der Waals surface area contributed by atoms with Crippen LogP contribution in [0.15, 0.2) is 17.4 Å². The molecular weight excluding hydrogens is 402 g/mol. The zero-order valence-electron chi connectivity index (χ0n) is 15.8. The number of fused-ring (bicyclic) bond motifs is 1. The number of thioether (sulfide) groups is 1. The van der Waals surface area contributed by atoms with Crippen LogP contribution in [0.2, 0.25) is 0 Å². The highest BCUT2D eigenvalue weighted by Gasteiger charge is 2.34. The van der Waals surface area contributed by atoms with Crippen molar-refractivity contribution in [3.63, 3.8) is 0 Å². The standard InChI is InChI=1S/C18H25N3O3S3/c1-4-14-7-15-17(19-11-20-18(15)26-14)25-9-16(22)21(8-12(2)3)13-5-6-27(23,24)10-13/h7,11-13H,4-6,8-10H2,1-3H3. The van der Waals surface area contributed by atoms with E-state index in [1.54, 1.807) is 22.6 Å². The van der Waals surface area contributed by atoms with E-state index in [9.17, 15) is 13.2 Å². The van der Waals surface area contributed by atoms with E-state index < -0.39 is 9.84 Å². The summed E-state index contributed by atoms with van der Waals surface area (Å²) in [7, 11) is -3.03. The van der Waals surface area contributed by atoms with Gasteiger partial charge in [0, 0.05) is 22.8 Å². The Morgan fingerprint density at radius 1 is 1.41 bits per heavy atom. The van der Waals surface area contributed by atoms with Gasteiger partial charge < -0.3 is 4.90 Å². The predicted octanol–water partition coefficient (Wildman–Crippen LogP) is 3.02. The molecule has 1 amide bonds. The van der Waals surface area contributed by atoms with Crippen molar-refractivity contribution >= 4 is 49.1 Å². The lowest BCUT2D eigenvalue weighted by molar-refractivity contribution is -0.130. The molecule has 3 rings (SSSR count). The molecule has 2 aromatic heterocycles. The van der Waals surface area contributed by atoms with Crippen molar-refractivity contribution < 1.29 is 13.2 Å². The number of aromatic nitrogens is 2. The summed E-state index contributed by atoms with van der Waals surface area (Å²) in [5, 5.41) is 1.81. The molecule has 9 heteroatoms. The number of carbonyl (C=O) groups excluding carboxylic acids is 1. The molecule has 27 heavy (non-hydrogen) atoms. The Balaban J connectivity index is 1.73. The Kier molecular flexibility index (Phi) is 6.43. The van der Waals surface area contributed by atoms with Crippen LogP contribution >= 0.6 is 23.1 Å². The van der Waals surface area contributed by atoms with Crippen LogP contribution in [0.1, 0.15) is 32.1 Å². The summed E-state index contributed by atoms with van der Waals surface area (Å²) >= 11 is 3.06. The lowest BCUT2D eigenvalue weighted by Crippen LogP contribution is -2.44. The zero-order valence-corrected chi connectivity index (χ0v) is 18.3. The van der Waals surface area contributed by atoms with Crippen LogP contribution < -0.4 is 0 Å². The molecule has 0 saturated carbocycles. The van der Waals surface area contributed by atoms with Crippen LogP contribution in [-0.4, -0.2) is 59.0 Å². The molecule has 1 unspecified atom stereocenters. The number of aryl methyl sites for hydroxylation is 1. The van der Waals surface area contributed by atoms with Crippen molar-refractivity contribution in [3.8, 4) is 0 Å². The van der Waals surface area contributed by atoms with Crippen molar-refractivity contribution in [2.45, 2.75) is 44.7 Å². The van der Waals surface area contributed by atoms with E-state index >= 15 is 0 Å². The lowest BCUT2D eigenvalue weighted by Gasteiger charge is -2.29. The third-order valence-electron chi connectivity index (χ3n) is 4.56. The fraction of sp³-hybridized carbons (Fsp3) is 0.611. The quantitative estimate of drug-likeness (QED) is 0.499. The smallest absolute Gasteiger partial charge is 0.233 e. The maximum atomic E-state index is 12.9. The van der Waals surface area contributed by atoms with E-state index in [0.717, 1.165) is 21.7 Å². The van der Waals surface area contributed by atoms with Crippen molar-refractivity contribution in [3.05, 3.63) is 17.3 Å². The first-order valence-corrected chi connectivity index (χ1v) is 12.8. The second-order valence-corrected chi connectivity index (χ2v) is 11.6. The maximum Gasteiger partial charge on any atom is 0.233 e. The fourth-order valence-electron chi connectivity index (χ4n) is 3.26. The molecule has 0 spiro atoms. The number of rotatable bonds is 7. The van der Waals surface area contributed by atoms with Crippen LogP contribution in [0.5, 0.6) is 0 Å². The van der Waals surface area contributed by atoms with Gasteiger partial charge in [-0.2, -0.15) is 0 Å². The number of carbonyl (C=O) groups is 1. The summed E-state index contributed by atoms with van der Waals surface area (Å²) in [6.07, 6.45) is 3.02. The maximum absolute atomic E-state index is 12.9. The summed E-state index contributed by atoms with van der Waals surface area (Å²) in [6, 6.07) is 1.89. The number of thiophene rings is 1. The van der Waals surface area contributed by atoms with Gasteiger partial charge >= 0.3 is 0 Å². The molecule has 1 aliphatic heterocycles. The van der Waals surface area contributed by atoms with Crippen LogP contribution in [-0.2, 0) is 21.1 Å². The van der Waals surface area contributed by atoms with Gasteiger partial charge in [-0.1, -0.05) is 32.5 Å². The van der Waals surface area contributed by atoms with E-state index in [-0.39, 0.29) is 35.1 Å². The van der Waals surface area contributed by atoms with Gasteiger partial charge in [-0.3, -0.25) is 4.79 Å². The molecule has 6 nitrogen and oxygen atoms in total. The van der Waals surface area contributed by atoms with E-state index in [1.807, 2.05) is 13.8 Å². The van der Waals surface area contributed by atoms with Gasteiger partial charge in [0.2, 0.25) is 5.91 Å². The lowest BCUT2D eigenvalue weighted by atomic mass is 10.1. The first-order valence-electron chi connectivity index (χ1n) is 9.15. The molecule has 1 atom stereocenters. The van der Waals surface area contributed by atoms with Gasteiger partial charge in [0.15, 0.2) is 9.84 Å². The van der Waals surface area contributed by atoms with Gasteiger partial charge in [-0.15, -0.1) is 11.3 Å². The number of nitrogens with zero attached hydrogens (tertiary/aromatic N) is 3. The van der Waals surface area contributed by atoms with Crippen molar-refractivity contribution in [2.75, 3.05) is 23.8 Å². The van der Waals surface area contributed by atoms with E-state index in [4.69, 9.17) is 0 Å². The van der Waals surface area contributed by atoms with Gasteiger partial charge in [0.1, 0.15) is 16.2 Å². The highest BCUT2D eigenvalue weighted by atomic mass is 32.2. The molecule has 3 heterocycles. The minimum atomic E-state index is -3.03. The average Bonchev–Trinajstić information content (AvgIpc) is 3.20. The van der Waals surface area contributed by atoms with E-state index in [2.05, 4.69) is 23.0 Å². The molecule has 1 aliphatic rings. The molecule has 2 aromatic rings. The largest absolute Gasteiger partial charge is 0.338 e. The Morgan fingerprint density at radius 3 is 2.81 bits per heavy atom. The monoisotopic (exact) mass is 427 g/mol. The third kappa shape index (κ3) is 5.00. The number of hydrogen-bond acceptors (Lipinski definition) is 7. The second kappa shape index (κ2) is 8.45. The fourth-order valence-corrected chi connectivity index (χ4v) is 6.84. The predicted molar refractivity (Wildman–Crippen MR) is 111 cm³/mol. The molecule has 0 N–H and O–H groups in total. The van der Waals surface area contributed by atoms with Crippen LogP contribution in [0.4, 0.5) is 0 Å². The Morgan fingerprint density at radius 2 is 2.19 bits per heavy atom.